The van der Waals surface area contributed by atoms with Crippen LogP contribution in [0.5, 0.6) is 0 Å². The molecule has 2 heteroatoms. The molecular formula is C13H24N2. The zero-order chi connectivity index (χ0) is 11.1. The van der Waals surface area contributed by atoms with Crippen LogP contribution >= 0.6 is 0 Å². The average molecular weight is 208 g/mol. The van der Waals surface area contributed by atoms with E-state index in [4.69, 9.17) is 5.41 Å². The maximum absolute atomic E-state index is 8.31. The molecule has 1 saturated carbocycles. The van der Waals surface area contributed by atoms with Gasteiger partial charge in [0.2, 0.25) is 0 Å². The molecular weight excluding hydrogens is 184 g/mol. The molecule has 1 saturated heterocycles. The van der Waals surface area contributed by atoms with E-state index in [9.17, 15) is 0 Å². The summed E-state index contributed by atoms with van der Waals surface area (Å²) in [6, 6.07) is 0.700. The fourth-order valence-corrected chi connectivity index (χ4v) is 3.16. The molecule has 15 heavy (non-hydrogen) atoms. The van der Waals surface area contributed by atoms with Crippen molar-refractivity contribution >= 4 is 5.84 Å². The first-order chi connectivity index (χ1) is 7.00. The van der Waals surface area contributed by atoms with Gasteiger partial charge in [-0.2, -0.15) is 0 Å². The molecule has 2 unspecified atom stereocenters. The summed E-state index contributed by atoms with van der Waals surface area (Å²) >= 11 is 0. The quantitative estimate of drug-likeness (QED) is 0.480. The summed E-state index contributed by atoms with van der Waals surface area (Å²) in [4.78, 5) is 2.40. The summed E-state index contributed by atoms with van der Waals surface area (Å²) in [5.41, 5.74) is 0.0183. The standard InChI is InChI=1S/C13H24N2/c1-13(2,3)12(14)15-9-5-7-10-6-4-8-11(10)15/h10-11,14H,4-9H2,1-3H3. The van der Waals surface area contributed by atoms with Crippen LogP contribution in [0.25, 0.3) is 0 Å². The second kappa shape index (κ2) is 3.80. The van der Waals surface area contributed by atoms with Crippen molar-refractivity contribution in [2.75, 3.05) is 6.54 Å². The highest BCUT2D eigenvalue weighted by molar-refractivity contribution is 5.84. The van der Waals surface area contributed by atoms with Crippen molar-refractivity contribution in [1.82, 2.24) is 4.90 Å². The molecule has 2 atom stereocenters. The number of hydrogen-bond donors (Lipinski definition) is 1. The average Bonchev–Trinajstić information content (AvgIpc) is 2.62. The fraction of sp³-hybridized carbons (Fsp3) is 0.923. The SMILES string of the molecule is CC(C)(C)C(=N)N1CCCC2CCCC21. The van der Waals surface area contributed by atoms with E-state index in [1.807, 2.05) is 0 Å². The van der Waals surface area contributed by atoms with Crippen LogP contribution in [-0.2, 0) is 0 Å². The molecule has 1 aliphatic carbocycles. The van der Waals surface area contributed by atoms with Crippen LogP contribution in [0.3, 0.4) is 0 Å². The maximum Gasteiger partial charge on any atom is 0.102 e. The molecule has 2 aliphatic rings. The van der Waals surface area contributed by atoms with Gasteiger partial charge in [-0.3, -0.25) is 5.41 Å². The van der Waals surface area contributed by atoms with Crippen molar-refractivity contribution in [3.8, 4) is 0 Å². The topological polar surface area (TPSA) is 27.1 Å². The van der Waals surface area contributed by atoms with Gasteiger partial charge in [-0.15, -0.1) is 0 Å². The van der Waals surface area contributed by atoms with Gasteiger partial charge in [0.1, 0.15) is 5.84 Å². The molecule has 0 bridgehead atoms. The first-order valence-corrected chi connectivity index (χ1v) is 6.36. The number of piperidine rings is 1. The van der Waals surface area contributed by atoms with E-state index >= 15 is 0 Å². The second-order valence-corrected chi connectivity index (χ2v) is 6.19. The van der Waals surface area contributed by atoms with Crippen LogP contribution in [0.4, 0.5) is 0 Å². The summed E-state index contributed by atoms with van der Waals surface area (Å²) in [6.07, 6.45) is 6.79. The van der Waals surface area contributed by atoms with Crippen molar-refractivity contribution in [3.05, 3.63) is 0 Å². The molecule has 0 radical (unpaired) electrons. The molecule has 1 aliphatic heterocycles. The van der Waals surface area contributed by atoms with Crippen LogP contribution in [0.15, 0.2) is 0 Å². The lowest BCUT2D eigenvalue weighted by molar-refractivity contribution is 0.176. The monoisotopic (exact) mass is 208 g/mol. The van der Waals surface area contributed by atoms with Crippen LogP contribution < -0.4 is 0 Å². The van der Waals surface area contributed by atoms with Crippen molar-refractivity contribution in [2.45, 2.75) is 58.9 Å². The van der Waals surface area contributed by atoms with Crippen molar-refractivity contribution in [3.63, 3.8) is 0 Å². The predicted octanol–water partition coefficient (Wildman–Crippen LogP) is 3.27. The van der Waals surface area contributed by atoms with E-state index in [1.165, 1.54) is 32.1 Å². The Morgan fingerprint density at radius 3 is 2.47 bits per heavy atom. The van der Waals surface area contributed by atoms with Gasteiger partial charge in [0, 0.05) is 18.0 Å². The molecule has 86 valence electrons. The number of likely N-dealkylation sites (tertiary alicyclic amines) is 1. The van der Waals surface area contributed by atoms with E-state index in [2.05, 4.69) is 25.7 Å². The van der Waals surface area contributed by atoms with Gasteiger partial charge in [-0.1, -0.05) is 27.2 Å². The number of hydrogen-bond acceptors (Lipinski definition) is 1. The van der Waals surface area contributed by atoms with Gasteiger partial charge >= 0.3 is 0 Å². The molecule has 2 nitrogen and oxygen atoms in total. The van der Waals surface area contributed by atoms with E-state index in [1.54, 1.807) is 0 Å². The Hall–Kier alpha value is -0.530. The Bertz CT molecular complexity index is 252. The number of nitrogens with zero attached hydrogens (tertiary/aromatic N) is 1. The Labute approximate surface area is 93.6 Å². The molecule has 0 spiro atoms. The van der Waals surface area contributed by atoms with E-state index in [0.717, 1.165) is 18.3 Å². The Morgan fingerprint density at radius 2 is 1.80 bits per heavy atom. The lowest BCUT2D eigenvalue weighted by Gasteiger charge is -2.43. The summed E-state index contributed by atoms with van der Waals surface area (Å²) in [5.74, 6) is 1.75. The molecule has 0 aromatic heterocycles. The van der Waals surface area contributed by atoms with Crippen LogP contribution in [0.1, 0.15) is 52.9 Å². The normalized spacial score (nSPS) is 31.5. The molecule has 0 amide bonds. The maximum atomic E-state index is 8.31. The van der Waals surface area contributed by atoms with Gasteiger partial charge in [0.05, 0.1) is 0 Å². The largest absolute Gasteiger partial charge is 0.357 e. The fourth-order valence-electron chi connectivity index (χ4n) is 3.16. The van der Waals surface area contributed by atoms with Gasteiger partial charge in [-0.05, 0) is 31.6 Å². The third kappa shape index (κ3) is 2.04. The van der Waals surface area contributed by atoms with Gasteiger partial charge in [0.25, 0.3) is 0 Å². The Balaban J connectivity index is 2.11. The lowest BCUT2D eigenvalue weighted by atomic mass is 9.87. The minimum absolute atomic E-state index is 0.0183. The zero-order valence-electron chi connectivity index (χ0n) is 10.3. The molecule has 1 heterocycles. The minimum Gasteiger partial charge on any atom is -0.357 e. The Morgan fingerprint density at radius 1 is 1.13 bits per heavy atom. The second-order valence-electron chi connectivity index (χ2n) is 6.19. The number of fused-ring (bicyclic) bond motifs is 1. The van der Waals surface area contributed by atoms with Crippen LogP contribution in [0, 0.1) is 16.7 Å². The van der Waals surface area contributed by atoms with E-state index in [0.29, 0.717) is 6.04 Å². The predicted molar refractivity (Wildman–Crippen MR) is 64.3 cm³/mol. The van der Waals surface area contributed by atoms with Crippen molar-refractivity contribution in [2.24, 2.45) is 11.3 Å². The van der Waals surface area contributed by atoms with Gasteiger partial charge < -0.3 is 4.90 Å². The summed E-state index contributed by atoms with van der Waals surface area (Å²) in [5, 5.41) is 8.31. The third-order valence-corrected chi connectivity index (χ3v) is 3.99. The van der Waals surface area contributed by atoms with Gasteiger partial charge in [-0.25, -0.2) is 0 Å². The lowest BCUT2D eigenvalue weighted by Crippen LogP contribution is -2.49. The highest BCUT2D eigenvalue weighted by Crippen LogP contribution is 2.38. The number of amidine groups is 1. The molecule has 2 rings (SSSR count). The summed E-state index contributed by atoms with van der Waals surface area (Å²) in [6.45, 7) is 7.60. The molecule has 0 aromatic rings. The number of rotatable bonds is 0. The minimum atomic E-state index is 0.0183. The van der Waals surface area contributed by atoms with Gasteiger partial charge in [0.15, 0.2) is 0 Å². The molecule has 1 N–H and O–H groups in total. The smallest absolute Gasteiger partial charge is 0.102 e. The Kier molecular flexibility index (Phi) is 2.78. The molecule has 2 fully saturated rings. The van der Waals surface area contributed by atoms with Crippen molar-refractivity contribution in [1.29, 1.82) is 5.41 Å². The first kappa shape index (κ1) is 11.0. The van der Waals surface area contributed by atoms with Crippen LogP contribution in [-0.4, -0.2) is 23.3 Å². The van der Waals surface area contributed by atoms with Crippen molar-refractivity contribution < 1.29 is 0 Å². The summed E-state index contributed by atoms with van der Waals surface area (Å²) in [7, 11) is 0. The zero-order valence-corrected chi connectivity index (χ0v) is 10.3. The summed E-state index contributed by atoms with van der Waals surface area (Å²) < 4.78 is 0. The highest BCUT2D eigenvalue weighted by Gasteiger charge is 2.38. The third-order valence-electron chi connectivity index (χ3n) is 3.99. The first-order valence-electron chi connectivity index (χ1n) is 6.36. The van der Waals surface area contributed by atoms with E-state index in [-0.39, 0.29) is 5.41 Å². The number of nitrogens with one attached hydrogen (secondary N) is 1. The van der Waals surface area contributed by atoms with E-state index < -0.39 is 0 Å². The highest BCUT2D eigenvalue weighted by atomic mass is 15.2. The van der Waals surface area contributed by atoms with Crippen LogP contribution in [0.2, 0.25) is 0 Å². The molecule has 0 aromatic carbocycles.